The van der Waals surface area contributed by atoms with Crippen molar-refractivity contribution < 1.29 is 9.53 Å². The Morgan fingerprint density at radius 3 is 2.25 bits per heavy atom. The van der Waals surface area contributed by atoms with Crippen LogP contribution in [-0.2, 0) is 12.0 Å². The van der Waals surface area contributed by atoms with Crippen molar-refractivity contribution >= 4 is 27.6 Å². The number of carbonyl (C=O) groups excluding carboxylic acids is 1. The summed E-state index contributed by atoms with van der Waals surface area (Å²) in [5.74, 6) is 0.819. The molecule has 0 bridgehead atoms. The number of hydrogen-bond donors (Lipinski definition) is 1. The van der Waals surface area contributed by atoms with Crippen molar-refractivity contribution in [1.82, 2.24) is 5.32 Å². The van der Waals surface area contributed by atoms with Crippen LogP contribution in [0, 0.1) is 0 Å². The highest BCUT2D eigenvalue weighted by molar-refractivity contribution is 9.10. The maximum atomic E-state index is 12.9. The lowest BCUT2D eigenvalue weighted by Crippen LogP contribution is -2.40. The predicted octanol–water partition coefficient (Wildman–Crippen LogP) is 6.93. The van der Waals surface area contributed by atoms with Crippen molar-refractivity contribution in [3.8, 4) is 5.75 Å². The van der Waals surface area contributed by atoms with Gasteiger partial charge in [-0.2, -0.15) is 0 Å². The molecule has 4 nitrogen and oxygen atoms in total. The van der Waals surface area contributed by atoms with Crippen molar-refractivity contribution in [2.45, 2.75) is 39.2 Å². The largest absolute Gasteiger partial charge is 0.492 e. The highest BCUT2D eigenvalue weighted by atomic mass is 79.9. The van der Waals surface area contributed by atoms with E-state index >= 15 is 0 Å². The number of ether oxygens (including phenoxy) is 1. The molecule has 1 N–H and O–H groups in total. The van der Waals surface area contributed by atoms with E-state index in [0.717, 1.165) is 21.5 Å². The van der Waals surface area contributed by atoms with E-state index in [1.165, 1.54) is 5.56 Å². The quantitative estimate of drug-likeness (QED) is 0.344. The standard InChI is InChI=1S/C27H31BrN2O2/c1-27(2,3)22-15-16-25(24(28)19-22)32-18-10-17-29-26(31)30(23-13-8-5-9-14-23)20-21-11-6-4-7-12-21/h4-9,11-16,19H,10,17-18,20H2,1-3H3,(H,29,31). The summed E-state index contributed by atoms with van der Waals surface area (Å²) in [5, 5.41) is 3.03. The van der Waals surface area contributed by atoms with E-state index in [-0.39, 0.29) is 11.4 Å². The Hall–Kier alpha value is -2.79. The molecule has 3 aromatic rings. The maximum Gasteiger partial charge on any atom is 0.322 e. The molecule has 0 fully saturated rings. The zero-order valence-corrected chi connectivity index (χ0v) is 20.6. The van der Waals surface area contributed by atoms with E-state index in [4.69, 9.17) is 4.74 Å². The van der Waals surface area contributed by atoms with Crippen LogP contribution in [-0.4, -0.2) is 19.2 Å². The summed E-state index contributed by atoms with van der Waals surface area (Å²) in [6.45, 7) is 8.14. The second kappa shape index (κ2) is 11.2. The highest BCUT2D eigenvalue weighted by Gasteiger charge is 2.16. The van der Waals surface area contributed by atoms with Gasteiger partial charge in [-0.15, -0.1) is 0 Å². The van der Waals surface area contributed by atoms with Gasteiger partial charge in [0.15, 0.2) is 0 Å². The van der Waals surface area contributed by atoms with Crippen LogP contribution < -0.4 is 15.0 Å². The van der Waals surface area contributed by atoms with Gasteiger partial charge in [0, 0.05) is 12.2 Å². The van der Waals surface area contributed by atoms with Crippen molar-refractivity contribution in [2.24, 2.45) is 0 Å². The van der Waals surface area contributed by atoms with Gasteiger partial charge in [0.1, 0.15) is 5.75 Å². The minimum atomic E-state index is -0.115. The fourth-order valence-electron chi connectivity index (χ4n) is 3.28. The molecule has 0 aliphatic carbocycles. The Labute approximate surface area is 199 Å². The number of nitrogens with one attached hydrogen (secondary N) is 1. The van der Waals surface area contributed by atoms with E-state index in [0.29, 0.717) is 26.1 Å². The molecule has 5 heteroatoms. The van der Waals surface area contributed by atoms with E-state index in [1.54, 1.807) is 4.90 Å². The lowest BCUT2D eigenvalue weighted by atomic mass is 9.87. The number of nitrogens with zero attached hydrogens (tertiary/aromatic N) is 1. The van der Waals surface area contributed by atoms with Crippen LogP contribution in [0.25, 0.3) is 0 Å². The lowest BCUT2D eigenvalue weighted by Gasteiger charge is -2.23. The van der Waals surface area contributed by atoms with Gasteiger partial charge in [-0.05, 0) is 63.2 Å². The topological polar surface area (TPSA) is 41.6 Å². The first-order chi connectivity index (χ1) is 15.3. The van der Waals surface area contributed by atoms with Crippen LogP contribution in [0.5, 0.6) is 5.75 Å². The first kappa shape index (κ1) is 23.9. The number of halogens is 1. The minimum Gasteiger partial charge on any atom is -0.492 e. The number of carbonyl (C=O) groups is 1. The average molecular weight is 495 g/mol. The summed E-state index contributed by atoms with van der Waals surface area (Å²) in [6, 6.07) is 25.8. The summed E-state index contributed by atoms with van der Waals surface area (Å²) in [5.41, 5.74) is 3.30. The third kappa shape index (κ3) is 6.86. The predicted molar refractivity (Wildman–Crippen MR) is 135 cm³/mol. The van der Waals surface area contributed by atoms with Crippen molar-refractivity contribution in [2.75, 3.05) is 18.1 Å². The van der Waals surface area contributed by atoms with Gasteiger partial charge in [0.05, 0.1) is 17.6 Å². The number of urea groups is 1. The lowest BCUT2D eigenvalue weighted by molar-refractivity contribution is 0.244. The fourth-order valence-corrected chi connectivity index (χ4v) is 3.78. The fraction of sp³-hybridized carbons (Fsp3) is 0.296. The average Bonchev–Trinajstić information content (AvgIpc) is 2.78. The summed E-state index contributed by atoms with van der Waals surface area (Å²) in [7, 11) is 0. The van der Waals surface area contributed by atoms with Gasteiger partial charge in [0.2, 0.25) is 0 Å². The van der Waals surface area contributed by atoms with Crippen LogP contribution >= 0.6 is 15.9 Å². The molecule has 3 aromatic carbocycles. The van der Waals surface area contributed by atoms with Gasteiger partial charge < -0.3 is 10.1 Å². The van der Waals surface area contributed by atoms with Gasteiger partial charge in [0.25, 0.3) is 0 Å². The van der Waals surface area contributed by atoms with Gasteiger partial charge in [-0.25, -0.2) is 4.79 Å². The zero-order chi connectivity index (χ0) is 23.0. The van der Waals surface area contributed by atoms with Gasteiger partial charge >= 0.3 is 6.03 Å². The summed E-state index contributed by atoms with van der Waals surface area (Å²) >= 11 is 3.61. The molecule has 0 spiro atoms. The highest BCUT2D eigenvalue weighted by Crippen LogP contribution is 2.31. The van der Waals surface area contributed by atoms with Crippen LogP contribution in [0.15, 0.2) is 83.3 Å². The molecular formula is C27H31BrN2O2. The van der Waals surface area contributed by atoms with E-state index in [9.17, 15) is 4.79 Å². The normalized spacial score (nSPS) is 11.1. The third-order valence-electron chi connectivity index (χ3n) is 5.15. The molecule has 0 heterocycles. The van der Waals surface area contributed by atoms with E-state index < -0.39 is 0 Å². The molecule has 0 aliphatic rings. The molecule has 168 valence electrons. The van der Waals surface area contributed by atoms with Gasteiger partial charge in [-0.1, -0.05) is 75.4 Å². The Balaban J connectivity index is 1.52. The van der Waals surface area contributed by atoms with Crippen molar-refractivity contribution in [3.05, 3.63) is 94.5 Å². The Morgan fingerprint density at radius 2 is 1.62 bits per heavy atom. The molecule has 2 amide bonds. The minimum absolute atomic E-state index is 0.0930. The Bertz CT molecular complexity index is 1000. The second-order valence-corrected chi connectivity index (χ2v) is 9.59. The van der Waals surface area contributed by atoms with E-state index in [2.05, 4.69) is 54.2 Å². The summed E-state index contributed by atoms with van der Waals surface area (Å²) in [6.07, 6.45) is 0.715. The van der Waals surface area contributed by atoms with Gasteiger partial charge in [-0.3, -0.25) is 4.90 Å². The first-order valence-corrected chi connectivity index (χ1v) is 11.7. The second-order valence-electron chi connectivity index (χ2n) is 8.74. The Morgan fingerprint density at radius 1 is 0.969 bits per heavy atom. The monoisotopic (exact) mass is 494 g/mol. The van der Waals surface area contributed by atoms with Crippen LogP contribution in [0.2, 0.25) is 0 Å². The third-order valence-corrected chi connectivity index (χ3v) is 5.77. The zero-order valence-electron chi connectivity index (χ0n) is 19.0. The molecule has 0 radical (unpaired) electrons. The number of rotatable bonds is 8. The maximum absolute atomic E-state index is 12.9. The Kier molecular flexibility index (Phi) is 8.34. The summed E-state index contributed by atoms with van der Waals surface area (Å²) < 4.78 is 6.87. The molecule has 3 rings (SSSR count). The number of amides is 2. The molecule has 0 aliphatic heterocycles. The van der Waals surface area contributed by atoms with Crippen molar-refractivity contribution in [1.29, 1.82) is 0 Å². The SMILES string of the molecule is CC(C)(C)c1ccc(OCCCNC(=O)N(Cc2ccccc2)c2ccccc2)c(Br)c1. The van der Waals surface area contributed by atoms with Crippen LogP contribution in [0.3, 0.4) is 0 Å². The van der Waals surface area contributed by atoms with Crippen LogP contribution in [0.4, 0.5) is 10.5 Å². The number of para-hydroxylation sites is 1. The first-order valence-electron chi connectivity index (χ1n) is 10.9. The van der Waals surface area contributed by atoms with Crippen LogP contribution in [0.1, 0.15) is 38.3 Å². The molecule has 0 atom stereocenters. The molecule has 0 unspecified atom stereocenters. The molecule has 32 heavy (non-hydrogen) atoms. The molecular weight excluding hydrogens is 464 g/mol. The number of hydrogen-bond acceptors (Lipinski definition) is 2. The molecule has 0 saturated heterocycles. The summed E-state index contributed by atoms with van der Waals surface area (Å²) in [4.78, 5) is 14.7. The smallest absolute Gasteiger partial charge is 0.322 e. The number of anilines is 1. The molecule has 0 aromatic heterocycles. The van der Waals surface area contributed by atoms with E-state index in [1.807, 2.05) is 66.7 Å². The molecule has 0 saturated carbocycles. The van der Waals surface area contributed by atoms with Crippen molar-refractivity contribution in [3.63, 3.8) is 0 Å². The number of benzene rings is 3.